The van der Waals surface area contributed by atoms with E-state index in [2.05, 4.69) is 12.1 Å². The molecule has 0 aromatic heterocycles. The zero-order valence-electron chi connectivity index (χ0n) is 39.3. The SMILES string of the molecule is C.C.C.C.C.C.C.C.C.CC.CC.CC.CC.CC.CC.CP(=O)(c1[c-]cccc1)c1[c-]cccc1.CP(=O)(c1ccccc1)c1ccccc1.CP1(=O)c2ccccc2S(=O)(=O)c2ccccc21.[U+2]. The van der Waals surface area contributed by atoms with Crippen LogP contribution < -0.4 is 31.8 Å². The Morgan fingerprint density at radius 3 is 0.886 bits per heavy atom. The summed E-state index contributed by atoms with van der Waals surface area (Å²) in [5.41, 5.74) is 0. The summed E-state index contributed by atoms with van der Waals surface area (Å²) in [5.74, 6) is 0. The van der Waals surface area contributed by atoms with Crippen LogP contribution in [0.15, 0.2) is 168 Å². The summed E-state index contributed by atoms with van der Waals surface area (Å²) in [7, 11) is -11.3. The molecule has 0 saturated heterocycles. The zero-order valence-corrected chi connectivity index (χ0v) is 47.0. The van der Waals surface area contributed by atoms with E-state index in [1.54, 1.807) is 61.9 Å². The van der Waals surface area contributed by atoms with Gasteiger partial charge in [-0.3, -0.25) is 0 Å². The van der Waals surface area contributed by atoms with Gasteiger partial charge in [-0.1, -0.05) is 245 Å². The minimum Gasteiger partial charge on any atom is -0.318 e. The van der Waals surface area contributed by atoms with Gasteiger partial charge in [-0.2, -0.15) is 60.7 Å². The third kappa shape index (κ3) is 27.2. The van der Waals surface area contributed by atoms with E-state index in [0.29, 0.717) is 10.6 Å². The second-order valence-corrected chi connectivity index (χ2v) is 21.8. The molecule has 0 bridgehead atoms. The van der Waals surface area contributed by atoms with E-state index in [1.165, 1.54) is 12.1 Å². The van der Waals surface area contributed by atoms with Crippen LogP contribution in [0.4, 0.5) is 0 Å². The van der Waals surface area contributed by atoms with Gasteiger partial charge in [-0.05, 0) is 44.3 Å². The van der Waals surface area contributed by atoms with Gasteiger partial charge in [0, 0.05) is 21.2 Å². The zero-order chi connectivity index (χ0) is 46.4. The molecule has 0 unspecified atom stereocenters. The van der Waals surface area contributed by atoms with E-state index >= 15 is 0 Å². The molecular formula is C60H107O5P3SU. The maximum absolute atomic E-state index is 12.9. The molecule has 7 rings (SSSR count). The smallest absolute Gasteiger partial charge is 0.318 e. The quantitative estimate of drug-likeness (QED) is 0.130. The van der Waals surface area contributed by atoms with Gasteiger partial charge in [0.25, 0.3) is 0 Å². The van der Waals surface area contributed by atoms with E-state index in [4.69, 9.17) is 0 Å². The molecular weight excluding hydrogens is 1160 g/mol. The number of hydrogen-bond donors (Lipinski definition) is 0. The van der Waals surface area contributed by atoms with Gasteiger partial charge in [0.1, 0.15) is 14.3 Å². The summed E-state index contributed by atoms with van der Waals surface area (Å²) < 4.78 is 63.0. The van der Waals surface area contributed by atoms with Crippen LogP contribution in [0.1, 0.15) is 150 Å². The van der Waals surface area contributed by atoms with Crippen molar-refractivity contribution in [1.29, 1.82) is 0 Å². The average molecular weight is 1270 g/mol. The second-order valence-electron chi connectivity index (χ2n) is 11.4. The maximum Gasteiger partial charge on any atom is 2.00 e. The van der Waals surface area contributed by atoms with Crippen molar-refractivity contribution < 1.29 is 53.2 Å². The summed E-state index contributed by atoms with van der Waals surface area (Å²) in [6.45, 7) is 29.2. The first kappa shape index (κ1) is 96.5. The molecule has 0 N–H and O–H groups in total. The number of rotatable bonds is 4. The van der Waals surface area contributed by atoms with E-state index in [9.17, 15) is 22.1 Å². The summed E-state index contributed by atoms with van der Waals surface area (Å²) in [6, 6.07) is 53.2. The van der Waals surface area contributed by atoms with Crippen molar-refractivity contribution in [1.82, 2.24) is 0 Å². The standard InChI is InChI=1S/C13H11O3PS.C13H13OP.C13H11OP.6C2H6.9CH4.U/c1-17(14)10-6-2-4-8-12(10)18(15,16)13-9-5-3-7-11(13)17;2*1-15(14,12-8-4-2-5-9-12)13-10-6-3-7-11-13;6*1-2;;;;;;;;;;/h2-9H,1H3;2-11H,1H3;2-8,10H,1H3;6*1-2H3;9*1H4;/q;;-2;;;;;;;;;;;;;;;;+2. The molecule has 0 spiro atoms. The predicted molar refractivity (Wildman–Crippen MR) is 329 cm³/mol. The van der Waals surface area contributed by atoms with Gasteiger partial charge in [0.2, 0.25) is 9.84 Å². The molecule has 0 atom stereocenters. The normalized spacial score (nSPS) is 10.2. The Morgan fingerprint density at radius 2 is 0.629 bits per heavy atom. The number of benzene rings is 6. The average Bonchev–Trinajstić information content (AvgIpc) is 3.34. The Kier molecular flexibility index (Phi) is 72.1. The van der Waals surface area contributed by atoms with Gasteiger partial charge >= 0.3 is 31.1 Å². The molecule has 10 heteroatoms. The van der Waals surface area contributed by atoms with Crippen LogP contribution in [0.25, 0.3) is 0 Å². The minimum atomic E-state index is -3.54. The Hall–Kier alpha value is -2.99. The third-order valence-corrected chi connectivity index (χ3v) is 17.8. The largest absolute Gasteiger partial charge is 2.00 e. The fourth-order valence-corrected chi connectivity index (χ4v) is 13.9. The molecule has 0 radical (unpaired) electrons. The molecule has 0 aliphatic carbocycles. The van der Waals surface area contributed by atoms with Crippen LogP contribution >= 0.6 is 21.4 Å². The fraction of sp³-hybridized carbons (Fsp3) is 0.400. The number of hydrogen-bond acceptors (Lipinski definition) is 5. The van der Waals surface area contributed by atoms with Gasteiger partial charge < -0.3 is 13.7 Å². The van der Waals surface area contributed by atoms with Crippen molar-refractivity contribution >= 4 is 63.1 Å². The van der Waals surface area contributed by atoms with Crippen molar-refractivity contribution in [3.8, 4) is 0 Å². The first-order valence-electron chi connectivity index (χ1n) is 21.1. The minimum absolute atomic E-state index is 0. The van der Waals surface area contributed by atoms with Gasteiger partial charge in [-0.25, -0.2) is 8.42 Å². The Balaban J connectivity index is -0.0000000612. The van der Waals surface area contributed by atoms with Gasteiger partial charge in [-0.15, -0.1) is 0 Å². The Morgan fingerprint density at radius 1 is 0.386 bits per heavy atom. The molecule has 0 saturated carbocycles. The first-order valence-corrected chi connectivity index (χ1v) is 29.0. The van der Waals surface area contributed by atoms with Crippen LogP contribution in [-0.4, -0.2) is 28.4 Å². The molecule has 0 fully saturated rings. The summed E-state index contributed by atoms with van der Waals surface area (Å²) >= 11 is 0. The van der Waals surface area contributed by atoms with Gasteiger partial charge in [0.05, 0.1) is 16.9 Å². The van der Waals surface area contributed by atoms with Crippen LogP contribution in [0.3, 0.4) is 0 Å². The topological polar surface area (TPSA) is 85.3 Å². The van der Waals surface area contributed by atoms with E-state index in [0.717, 1.165) is 21.2 Å². The van der Waals surface area contributed by atoms with E-state index in [1.807, 2.05) is 187 Å². The van der Waals surface area contributed by atoms with Crippen LogP contribution in [0.2, 0.25) is 0 Å². The molecule has 5 nitrogen and oxygen atoms in total. The van der Waals surface area contributed by atoms with Crippen LogP contribution in [0.5, 0.6) is 0 Å². The number of fused-ring (bicyclic) bond motifs is 2. The molecule has 402 valence electrons. The second kappa shape index (κ2) is 52.3. The predicted octanol–water partition coefficient (Wildman–Crippen LogP) is 18.5. The van der Waals surface area contributed by atoms with Crippen molar-refractivity contribution in [2.75, 3.05) is 20.0 Å². The molecule has 1 aliphatic heterocycles. The van der Waals surface area contributed by atoms with E-state index < -0.39 is 31.3 Å². The summed E-state index contributed by atoms with van der Waals surface area (Å²) in [6.07, 6.45) is 0. The monoisotopic (exact) mass is 1270 g/mol. The molecule has 70 heavy (non-hydrogen) atoms. The van der Waals surface area contributed by atoms with Crippen LogP contribution in [-0.2, 0) is 23.5 Å². The van der Waals surface area contributed by atoms with Gasteiger partial charge in [0.15, 0.2) is 0 Å². The van der Waals surface area contributed by atoms with Crippen LogP contribution in [0, 0.1) is 43.2 Å². The maximum atomic E-state index is 12.9. The molecule has 1 heterocycles. The fourth-order valence-electron chi connectivity index (χ4n) is 5.32. The Labute approximate surface area is 462 Å². The Bertz CT molecular complexity index is 2030. The third-order valence-electron chi connectivity index (χ3n) is 8.03. The molecule has 1 aliphatic rings. The number of sulfone groups is 1. The first-order chi connectivity index (χ1) is 28.9. The molecule has 6 aromatic carbocycles. The van der Waals surface area contributed by atoms with E-state index in [-0.39, 0.29) is 108 Å². The van der Waals surface area contributed by atoms with Crippen molar-refractivity contribution in [3.05, 3.63) is 170 Å². The molecule has 0 amide bonds. The molecule has 6 aromatic rings. The van der Waals surface area contributed by atoms with Crippen molar-refractivity contribution in [2.45, 2.75) is 160 Å². The summed E-state index contributed by atoms with van der Waals surface area (Å²) in [5, 5.41) is 4.21. The summed E-state index contributed by atoms with van der Waals surface area (Å²) in [4.78, 5) is 0.351. The van der Waals surface area contributed by atoms with Crippen molar-refractivity contribution in [2.24, 2.45) is 0 Å². The van der Waals surface area contributed by atoms with Crippen molar-refractivity contribution in [3.63, 3.8) is 0 Å².